The van der Waals surface area contributed by atoms with Crippen molar-refractivity contribution in [2.24, 2.45) is 0 Å². The number of ether oxygens (including phenoxy) is 11. The summed E-state index contributed by atoms with van der Waals surface area (Å²) in [7, 11) is 0. The highest BCUT2D eigenvalue weighted by molar-refractivity contribution is 5.27. The number of para-hydroxylation sites is 1. The molecule has 0 unspecified atom stereocenters. The maximum absolute atomic E-state index is 5.79. The van der Waals surface area contributed by atoms with Crippen LogP contribution in [0.5, 0.6) is 11.5 Å². The quantitative estimate of drug-likeness (QED) is 0.0694. The normalized spacial score (nSPS) is 11.3. The number of unbranched alkanes of at least 4 members (excludes halogenated alkanes) is 6. The molecular formula is C41H68O11. The standard InChI is InChI=1S/C41H68O11/c1-2-3-4-5-6-7-9-12-39-15-17-41(18-16-39)52-38-36-50-34-32-48-30-28-46-26-24-44-22-20-42-19-21-43-23-25-45-27-29-47-31-33-49-35-37-51-40-13-10-8-11-14-40/h8,10-11,13-18H,2-7,9,12,19-38H2,1H3. The van der Waals surface area contributed by atoms with E-state index in [4.69, 9.17) is 52.1 Å². The van der Waals surface area contributed by atoms with Crippen LogP contribution < -0.4 is 9.47 Å². The Morgan fingerprint density at radius 2 is 0.615 bits per heavy atom. The van der Waals surface area contributed by atoms with Gasteiger partial charge in [0, 0.05) is 0 Å². The van der Waals surface area contributed by atoms with Crippen LogP contribution in [0.15, 0.2) is 54.6 Å². The van der Waals surface area contributed by atoms with E-state index >= 15 is 0 Å². The van der Waals surface area contributed by atoms with Crippen molar-refractivity contribution < 1.29 is 52.1 Å². The predicted molar refractivity (Wildman–Crippen MR) is 203 cm³/mol. The average Bonchev–Trinajstić information content (AvgIpc) is 3.17. The van der Waals surface area contributed by atoms with Gasteiger partial charge in [-0.25, -0.2) is 0 Å². The van der Waals surface area contributed by atoms with Crippen LogP contribution >= 0.6 is 0 Å². The van der Waals surface area contributed by atoms with Crippen molar-refractivity contribution in [3.8, 4) is 11.5 Å². The van der Waals surface area contributed by atoms with E-state index in [1.807, 2.05) is 30.3 Å². The van der Waals surface area contributed by atoms with Crippen molar-refractivity contribution in [2.75, 3.05) is 132 Å². The van der Waals surface area contributed by atoms with Crippen LogP contribution in [0.4, 0.5) is 0 Å². The average molecular weight is 737 g/mol. The molecule has 0 fully saturated rings. The molecule has 0 heterocycles. The second kappa shape index (κ2) is 37.0. The van der Waals surface area contributed by atoms with E-state index in [0.717, 1.165) is 17.9 Å². The number of hydrogen-bond donors (Lipinski definition) is 0. The van der Waals surface area contributed by atoms with E-state index in [1.54, 1.807) is 0 Å². The second-order valence-corrected chi connectivity index (χ2v) is 12.0. The Morgan fingerprint density at radius 1 is 0.308 bits per heavy atom. The molecule has 0 N–H and O–H groups in total. The number of hydrogen-bond acceptors (Lipinski definition) is 11. The van der Waals surface area contributed by atoms with E-state index in [2.05, 4.69) is 31.2 Å². The third-order valence-electron chi connectivity index (χ3n) is 7.70. The van der Waals surface area contributed by atoms with Gasteiger partial charge in [0.05, 0.1) is 119 Å². The van der Waals surface area contributed by atoms with E-state index in [1.165, 1.54) is 50.5 Å². The Balaban J connectivity index is 1.18. The lowest BCUT2D eigenvalue weighted by Crippen LogP contribution is -2.15. The molecule has 2 aromatic rings. The Bertz CT molecular complexity index is 980. The third kappa shape index (κ3) is 30.2. The number of rotatable bonds is 40. The zero-order valence-corrected chi connectivity index (χ0v) is 32.0. The summed E-state index contributed by atoms with van der Waals surface area (Å²) >= 11 is 0. The molecule has 0 aromatic heterocycles. The molecule has 0 aliphatic rings. The van der Waals surface area contributed by atoms with Crippen LogP contribution in [0.2, 0.25) is 0 Å². The topological polar surface area (TPSA) is 102 Å². The van der Waals surface area contributed by atoms with Gasteiger partial charge in [0.15, 0.2) is 0 Å². The van der Waals surface area contributed by atoms with Gasteiger partial charge < -0.3 is 52.1 Å². The number of benzene rings is 2. The SMILES string of the molecule is CCCCCCCCCc1ccc(OCCOCCOCCOCCOCCOCCOCCOCCOCCOCCOc2ccccc2)cc1. The van der Waals surface area contributed by atoms with Crippen molar-refractivity contribution in [1.82, 2.24) is 0 Å². The van der Waals surface area contributed by atoms with Crippen LogP contribution in [-0.2, 0) is 49.1 Å². The Morgan fingerprint density at radius 3 is 0.981 bits per heavy atom. The van der Waals surface area contributed by atoms with Crippen molar-refractivity contribution in [1.29, 1.82) is 0 Å². The first-order valence-electron chi connectivity index (χ1n) is 19.5. The Hall–Kier alpha value is -2.32. The monoisotopic (exact) mass is 736 g/mol. The first-order valence-corrected chi connectivity index (χ1v) is 19.5. The molecule has 11 heteroatoms. The molecule has 11 nitrogen and oxygen atoms in total. The van der Waals surface area contributed by atoms with Gasteiger partial charge in [-0.15, -0.1) is 0 Å². The molecule has 0 bridgehead atoms. The molecular weight excluding hydrogens is 668 g/mol. The summed E-state index contributed by atoms with van der Waals surface area (Å²) in [5.74, 6) is 1.73. The molecule has 298 valence electrons. The van der Waals surface area contributed by atoms with E-state index < -0.39 is 0 Å². The molecule has 0 atom stereocenters. The zero-order valence-electron chi connectivity index (χ0n) is 32.0. The second-order valence-electron chi connectivity index (χ2n) is 12.0. The summed E-state index contributed by atoms with van der Waals surface area (Å²) in [5, 5.41) is 0. The maximum atomic E-state index is 5.79. The van der Waals surface area contributed by atoms with Crippen LogP contribution in [-0.4, -0.2) is 132 Å². The molecule has 0 amide bonds. The minimum absolute atomic E-state index is 0.515. The van der Waals surface area contributed by atoms with E-state index in [0.29, 0.717) is 132 Å². The van der Waals surface area contributed by atoms with Gasteiger partial charge in [0.25, 0.3) is 0 Å². The highest BCUT2D eigenvalue weighted by atomic mass is 16.6. The van der Waals surface area contributed by atoms with Crippen LogP contribution in [0.25, 0.3) is 0 Å². The highest BCUT2D eigenvalue weighted by Crippen LogP contribution is 2.15. The largest absolute Gasteiger partial charge is 0.491 e. The summed E-state index contributed by atoms with van der Waals surface area (Å²) in [6.45, 7) is 12.7. The fourth-order valence-electron chi connectivity index (χ4n) is 4.85. The van der Waals surface area contributed by atoms with Crippen molar-refractivity contribution in [3.05, 3.63) is 60.2 Å². The highest BCUT2D eigenvalue weighted by Gasteiger charge is 1.99. The summed E-state index contributed by atoms with van der Waals surface area (Å²) in [6, 6.07) is 18.1. The fourth-order valence-corrected chi connectivity index (χ4v) is 4.85. The molecule has 2 aromatic carbocycles. The summed E-state index contributed by atoms with van der Waals surface area (Å²) in [6.07, 6.45) is 10.5. The summed E-state index contributed by atoms with van der Waals surface area (Å²) < 4.78 is 61.0. The Kier molecular flexibility index (Phi) is 32.6. The lowest BCUT2D eigenvalue weighted by Gasteiger charge is -2.09. The fraction of sp³-hybridized carbons (Fsp3) is 0.707. The molecule has 0 radical (unpaired) electrons. The minimum Gasteiger partial charge on any atom is -0.491 e. The zero-order chi connectivity index (χ0) is 36.7. The van der Waals surface area contributed by atoms with Crippen LogP contribution in [0.3, 0.4) is 0 Å². The molecule has 0 spiro atoms. The minimum atomic E-state index is 0.515. The summed E-state index contributed by atoms with van der Waals surface area (Å²) in [4.78, 5) is 0. The Labute approximate surface area is 313 Å². The van der Waals surface area contributed by atoms with Gasteiger partial charge in [-0.05, 0) is 42.7 Å². The first-order chi connectivity index (χ1) is 25.9. The smallest absolute Gasteiger partial charge is 0.119 e. The lowest BCUT2D eigenvalue weighted by molar-refractivity contribution is -0.0257. The molecule has 0 aliphatic carbocycles. The van der Waals surface area contributed by atoms with Gasteiger partial charge in [0.1, 0.15) is 24.7 Å². The van der Waals surface area contributed by atoms with Gasteiger partial charge in [-0.2, -0.15) is 0 Å². The van der Waals surface area contributed by atoms with E-state index in [9.17, 15) is 0 Å². The van der Waals surface area contributed by atoms with Crippen LogP contribution in [0.1, 0.15) is 57.4 Å². The van der Waals surface area contributed by atoms with Gasteiger partial charge in [-0.1, -0.05) is 75.8 Å². The predicted octanol–water partition coefficient (Wildman–Crippen LogP) is 6.59. The molecule has 0 saturated heterocycles. The third-order valence-corrected chi connectivity index (χ3v) is 7.70. The van der Waals surface area contributed by atoms with Gasteiger partial charge in [0.2, 0.25) is 0 Å². The molecule has 0 aliphatic heterocycles. The van der Waals surface area contributed by atoms with Crippen molar-refractivity contribution in [3.63, 3.8) is 0 Å². The van der Waals surface area contributed by atoms with Gasteiger partial charge >= 0.3 is 0 Å². The lowest BCUT2D eigenvalue weighted by atomic mass is 10.0. The molecule has 52 heavy (non-hydrogen) atoms. The van der Waals surface area contributed by atoms with Crippen molar-refractivity contribution in [2.45, 2.75) is 58.3 Å². The van der Waals surface area contributed by atoms with Gasteiger partial charge in [-0.3, -0.25) is 0 Å². The molecule has 2 rings (SSSR count). The molecule has 0 saturated carbocycles. The van der Waals surface area contributed by atoms with E-state index in [-0.39, 0.29) is 0 Å². The summed E-state index contributed by atoms with van der Waals surface area (Å²) in [5.41, 5.74) is 1.38. The van der Waals surface area contributed by atoms with Crippen LogP contribution in [0, 0.1) is 0 Å². The number of aryl methyl sites for hydroxylation is 1. The first kappa shape index (κ1) is 45.8. The van der Waals surface area contributed by atoms with Crippen molar-refractivity contribution >= 4 is 0 Å². The maximum Gasteiger partial charge on any atom is 0.119 e.